The zero-order valence-corrected chi connectivity index (χ0v) is 20.4. The Hall–Kier alpha value is -3.16. The van der Waals surface area contributed by atoms with Gasteiger partial charge >= 0.3 is 5.97 Å². The standard InChI is InChI=1S/C21H25N3O8S2/c1-13(20(26)27)24-16(19(25)22(2)21(24)33)8-9-18-23(10-4-5-11-34(28,29)30)15-7-6-14(31-3)12-17(15)32-18/h6-9,12-13H,4-5,10-11H2,1-3H3,(H,26,27)(H,28,29,30)/b16-8-,18-9+. The van der Waals surface area contributed by atoms with Crippen LogP contribution in [0.15, 0.2) is 41.9 Å². The van der Waals surface area contributed by atoms with E-state index < -0.39 is 28.0 Å². The minimum absolute atomic E-state index is 0.0759. The summed E-state index contributed by atoms with van der Waals surface area (Å²) in [4.78, 5) is 28.5. The first-order valence-electron chi connectivity index (χ1n) is 10.3. The van der Waals surface area contributed by atoms with E-state index >= 15 is 0 Å². The normalized spacial score (nSPS) is 19.1. The molecule has 13 heteroatoms. The first kappa shape index (κ1) is 25.5. The van der Waals surface area contributed by atoms with Crippen LogP contribution in [0.5, 0.6) is 11.5 Å². The summed E-state index contributed by atoms with van der Waals surface area (Å²) in [6, 6.07) is 4.16. The molecule has 1 fully saturated rings. The number of rotatable bonds is 9. The van der Waals surface area contributed by atoms with Gasteiger partial charge in [-0.25, -0.2) is 4.79 Å². The number of amides is 1. The Morgan fingerprint density at radius 2 is 2.00 bits per heavy atom. The van der Waals surface area contributed by atoms with Crippen molar-refractivity contribution in [2.45, 2.75) is 25.8 Å². The van der Waals surface area contributed by atoms with Crippen molar-refractivity contribution in [1.82, 2.24) is 9.80 Å². The van der Waals surface area contributed by atoms with Gasteiger partial charge in [0, 0.05) is 25.7 Å². The maximum absolute atomic E-state index is 12.7. The van der Waals surface area contributed by atoms with Gasteiger partial charge in [-0.05, 0) is 50.2 Å². The third kappa shape index (κ3) is 5.32. The molecule has 1 saturated heterocycles. The SMILES string of the molecule is COc1ccc2c(c1)O/C(=C/C=C1/C(=O)N(C)C(=S)N1C(C)C(=O)O)N2CCCCS(=O)(=O)O. The second-order valence-electron chi connectivity index (χ2n) is 7.67. The highest BCUT2D eigenvalue weighted by Gasteiger charge is 2.40. The van der Waals surface area contributed by atoms with Crippen LogP contribution in [-0.4, -0.2) is 77.4 Å². The number of nitrogens with zero attached hydrogens (tertiary/aromatic N) is 3. The van der Waals surface area contributed by atoms with E-state index in [1.807, 2.05) is 0 Å². The van der Waals surface area contributed by atoms with Crippen LogP contribution in [0.25, 0.3) is 0 Å². The van der Waals surface area contributed by atoms with Crippen LogP contribution in [0.2, 0.25) is 0 Å². The smallest absolute Gasteiger partial charge is 0.326 e. The summed E-state index contributed by atoms with van der Waals surface area (Å²) in [6.07, 6.45) is 3.64. The lowest BCUT2D eigenvalue weighted by Gasteiger charge is -2.22. The number of methoxy groups -OCH3 is 1. The molecule has 1 amide bonds. The quantitative estimate of drug-likeness (QED) is 0.217. The summed E-state index contributed by atoms with van der Waals surface area (Å²) in [5, 5.41) is 9.51. The van der Waals surface area contributed by atoms with Gasteiger partial charge in [0.05, 0.1) is 18.6 Å². The molecule has 3 rings (SSSR count). The lowest BCUT2D eigenvalue weighted by atomic mass is 10.2. The Labute approximate surface area is 202 Å². The van der Waals surface area contributed by atoms with Crippen LogP contribution >= 0.6 is 12.2 Å². The second-order valence-corrected chi connectivity index (χ2v) is 9.61. The van der Waals surface area contributed by atoms with E-state index in [1.165, 1.54) is 43.0 Å². The Morgan fingerprint density at radius 1 is 1.29 bits per heavy atom. The molecule has 2 N–H and O–H groups in total. The third-order valence-electron chi connectivity index (χ3n) is 5.38. The molecule has 184 valence electrons. The van der Waals surface area contributed by atoms with Crippen LogP contribution in [-0.2, 0) is 19.7 Å². The van der Waals surface area contributed by atoms with Crippen LogP contribution in [0.1, 0.15) is 19.8 Å². The highest BCUT2D eigenvalue weighted by molar-refractivity contribution is 7.85. The number of anilines is 1. The molecule has 2 aliphatic rings. The highest BCUT2D eigenvalue weighted by Crippen LogP contribution is 2.41. The topological polar surface area (TPSA) is 137 Å². The third-order valence-corrected chi connectivity index (χ3v) is 6.65. The lowest BCUT2D eigenvalue weighted by molar-refractivity contribution is -0.140. The van der Waals surface area contributed by atoms with Crippen LogP contribution in [0.3, 0.4) is 0 Å². The van der Waals surface area contributed by atoms with Crippen molar-refractivity contribution in [2.75, 3.05) is 31.4 Å². The average Bonchev–Trinajstić information content (AvgIpc) is 3.22. The number of carbonyl (C=O) groups excluding carboxylic acids is 1. The second kappa shape index (κ2) is 9.99. The largest absolute Gasteiger partial charge is 0.497 e. The van der Waals surface area contributed by atoms with Crippen molar-refractivity contribution in [3.05, 3.63) is 41.9 Å². The molecule has 2 heterocycles. The Morgan fingerprint density at radius 3 is 2.62 bits per heavy atom. The number of unbranched alkanes of at least 4 members (excludes halogenated alkanes) is 1. The van der Waals surface area contributed by atoms with Gasteiger partial charge in [-0.15, -0.1) is 0 Å². The maximum atomic E-state index is 12.7. The molecule has 0 bridgehead atoms. The minimum atomic E-state index is -4.06. The van der Waals surface area contributed by atoms with Gasteiger partial charge in [0.1, 0.15) is 17.5 Å². The van der Waals surface area contributed by atoms with E-state index in [2.05, 4.69) is 0 Å². The van der Waals surface area contributed by atoms with Gasteiger partial charge in [-0.3, -0.25) is 19.1 Å². The summed E-state index contributed by atoms with van der Waals surface area (Å²) in [5.41, 5.74) is 0.789. The van der Waals surface area contributed by atoms with Gasteiger partial charge < -0.3 is 19.5 Å². The molecule has 1 aromatic rings. The molecule has 0 aromatic heterocycles. The number of fused-ring (bicyclic) bond motifs is 1. The summed E-state index contributed by atoms with van der Waals surface area (Å²) in [7, 11) is -1.07. The number of likely N-dealkylation sites (N-methyl/N-ethyl adjacent to an activating group) is 1. The average molecular weight is 512 g/mol. The van der Waals surface area contributed by atoms with E-state index in [0.717, 1.165) is 0 Å². The molecular formula is C21H25N3O8S2. The van der Waals surface area contributed by atoms with Crippen LogP contribution in [0, 0.1) is 0 Å². The van der Waals surface area contributed by atoms with Crippen molar-refractivity contribution in [1.29, 1.82) is 0 Å². The van der Waals surface area contributed by atoms with Crippen molar-refractivity contribution in [2.24, 2.45) is 0 Å². The van der Waals surface area contributed by atoms with Gasteiger partial charge in [0.2, 0.25) is 5.88 Å². The van der Waals surface area contributed by atoms with E-state index in [9.17, 15) is 23.1 Å². The van der Waals surface area contributed by atoms with Gasteiger partial charge in [-0.1, -0.05) is 0 Å². The minimum Gasteiger partial charge on any atom is -0.497 e. The zero-order valence-electron chi connectivity index (χ0n) is 18.8. The number of carbonyl (C=O) groups is 2. The number of carboxylic acids is 1. The number of hydrogen-bond donors (Lipinski definition) is 2. The van der Waals surface area contributed by atoms with Crippen molar-refractivity contribution in [3.8, 4) is 11.5 Å². The Bertz CT molecular complexity index is 1180. The molecule has 1 unspecified atom stereocenters. The summed E-state index contributed by atoms with van der Waals surface area (Å²) in [5.74, 6) is -0.531. The number of aliphatic carboxylic acids is 1. The number of allylic oxidation sites excluding steroid dienone is 2. The van der Waals surface area contributed by atoms with Crippen molar-refractivity contribution >= 4 is 45.0 Å². The molecule has 0 spiro atoms. The van der Waals surface area contributed by atoms with Gasteiger partial charge in [0.25, 0.3) is 16.0 Å². The predicted molar refractivity (Wildman–Crippen MR) is 127 cm³/mol. The first-order valence-corrected chi connectivity index (χ1v) is 12.3. The van der Waals surface area contributed by atoms with Crippen LogP contribution in [0.4, 0.5) is 5.69 Å². The van der Waals surface area contributed by atoms with Gasteiger partial charge in [-0.2, -0.15) is 8.42 Å². The molecule has 0 radical (unpaired) electrons. The summed E-state index contributed by atoms with van der Waals surface area (Å²) in [6.45, 7) is 1.79. The summed E-state index contributed by atoms with van der Waals surface area (Å²) < 4.78 is 42.2. The fourth-order valence-corrected chi connectivity index (χ4v) is 4.44. The van der Waals surface area contributed by atoms with E-state index in [4.69, 9.17) is 26.2 Å². The zero-order chi connectivity index (χ0) is 25.2. The summed E-state index contributed by atoms with van der Waals surface area (Å²) >= 11 is 5.25. The lowest BCUT2D eigenvalue weighted by Crippen LogP contribution is -2.40. The van der Waals surface area contributed by atoms with Crippen molar-refractivity contribution in [3.63, 3.8) is 0 Å². The molecule has 1 aromatic carbocycles. The number of ether oxygens (including phenoxy) is 2. The molecule has 1 atom stereocenters. The molecule has 34 heavy (non-hydrogen) atoms. The van der Waals surface area contributed by atoms with Crippen LogP contribution < -0.4 is 14.4 Å². The molecule has 0 saturated carbocycles. The highest BCUT2D eigenvalue weighted by atomic mass is 32.2. The van der Waals surface area contributed by atoms with Gasteiger partial charge in [0.15, 0.2) is 10.9 Å². The van der Waals surface area contributed by atoms with Crippen molar-refractivity contribution < 1.29 is 37.1 Å². The number of carboxylic acid groups (broad SMARTS) is 1. The fourth-order valence-electron chi connectivity index (χ4n) is 3.53. The van der Waals surface area contributed by atoms with E-state index in [1.54, 1.807) is 23.1 Å². The number of hydrogen-bond acceptors (Lipinski definition) is 8. The fraction of sp³-hybridized carbons (Fsp3) is 0.381. The Kier molecular flexibility index (Phi) is 7.48. The molecule has 2 aliphatic heterocycles. The van der Waals surface area contributed by atoms with E-state index in [-0.39, 0.29) is 23.0 Å². The predicted octanol–water partition coefficient (Wildman–Crippen LogP) is 1.82. The molecule has 0 aliphatic carbocycles. The van der Waals surface area contributed by atoms with E-state index in [0.29, 0.717) is 36.0 Å². The Balaban J connectivity index is 1.93. The first-order chi connectivity index (χ1) is 15.9. The number of benzene rings is 1. The number of thiocarbonyl (C=S) groups is 1. The molecule has 11 nitrogen and oxygen atoms in total. The monoisotopic (exact) mass is 511 g/mol. The molecular weight excluding hydrogens is 486 g/mol. The maximum Gasteiger partial charge on any atom is 0.326 e.